The van der Waals surface area contributed by atoms with E-state index in [1.165, 1.54) is 24.4 Å². The Hall–Kier alpha value is -0.980. The highest BCUT2D eigenvalue weighted by Crippen LogP contribution is 2.23. The monoisotopic (exact) mass is 406 g/mol. The van der Waals surface area contributed by atoms with Crippen molar-refractivity contribution in [1.29, 1.82) is 0 Å². The van der Waals surface area contributed by atoms with Crippen molar-refractivity contribution in [3.05, 3.63) is 55.9 Å². The number of nitrogens with zero attached hydrogens (tertiary/aromatic N) is 1. The molecule has 0 aliphatic heterocycles. The number of carbonyl (C=O) groups is 1. The highest BCUT2D eigenvalue weighted by molar-refractivity contribution is 9.10. The van der Waals surface area contributed by atoms with E-state index in [-0.39, 0.29) is 10.4 Å². The first kappa shape index (κ1) is 14.4. The van der Waals surface area contributed by atoms with Crippen molar-refractivity contribution in [2.75, 3.05) is 5.32 Å². The van der Waals surface area contributed by atoms with Gasteiger partial charge in [-0.2, -0.15) is 0 Å². The summed E-state index contributed by atoms with van der Waals surface area (Å²) in [4.78, 5) is 15.8. The van der Waals surface area contributed by atoms with Crippen LogP contribution in [0.15, 0.2) is 39.4 Å². The van der Waals surface area contributed by atoms with Gasteiger partial charge in [-0.3, -0.25) is 4.79 Å². The zero-order valence-electron chi connectivity index (χ0n) is 9.25. The van der Waals surface area contributed by atoms with Gasteiger partial charge in [0.05, 0.1) is 20.8 Å². The van der Waals surface area contributed by atoms with Gasteiger partial charge in [0.2, 0.25) is 0 Å². The molecule has 1 amide bonds. The molecule has 0 spiro atoms. The zero-order chi connectivity index (χ0) is 14.0. The van der Waals surface area contributed by atoms with Crippen molar-refractivity contribution < 1.29 is 9.18 Å². The Morgan fingerprint density at radius 2 is 2.00 bits per heavy atom. The first-order chi connectivity index (χ1) is 8.97. The van der Waals surface area contributed by atoms with E-state index in [1.807, 2.05) is 0 Å². The van der Waals surface area contributed by atoms with E-state index < -0.39 is 5.82 Å². The Balaban J connectivity index is 2.20. The summed E-state index contributed by atoms with van der Waals surface area (Å²) in [7, 11) is 0. The van der Waals surface area contributed by atoms with Gasteiger partial charge in [0, 0.05) is 5.56 Å². The topological polar surface area (TPSA) is 42.0 Å². The number of nitrogens with one attached hydrogen (secondary N) is 1. The molecule has 7 heteroatoms. The van der Waals surface area contributed by atoms with E-state index in [0.29, 0.717) is 20.9 Å². The highest BCUT2D eigenvalue weighted by atomic mass is 79.9. The van der Waals surface area contributed by atoms with Crippen molar-refractivity contribution >= 4 is 55.1 Å². The summed E-state index contributed by atoms with van der Waals surface area (Å²) in [5.41, 5.74) is 0.820. The van der Waals surface area contributed by atoms with Crippen LogP contribution in [0.3, 0.4) is 0 Å². The molecule has 1 aromatic carbocycles. The molecule has 0 saturated carbocycles. The van der Waals surface area contributed by atoms with Gasteiger partial charge >= 0.3 is 0 Å². The number of anilines is 1. The summed E-state index contributed by atoms with van der Waals surface area (Å²) >= 11 is 12.0. The van der Waals surface area contributed by atoms with Crippen molar-refractivity contribution in [2.24, 2.45) is 0 Å². The van der Waals surface area contributed by atoms with Crippen molar-refractivity contribution in [1.82, 2.24) is 4.98 Å². The van der Waals surface area contributed by atoms with Crippen LogP contribution in [-0.2, 0) is 0 Å². The molecule has 0 bridgehead atoms. The fourth-order valence-corrected chi connectivity index (χ4v) is 2.16. The third-order valence-corrected chi connectivity index (χ3v) is 3.98. The predicted octanol–water partition coefficient (Wildman–Crippen LogP) is 4.65. The number of pyridine rings is 1. The van der Waals surface area contributed by atoms with Gasteiger partial charge in [0.25, 0.3) is 5.91 Å². The number of aromatic nitrogens is 1. The second-order valence-electron chi connectivity index (χ2n) is 3.58. The van der Waals surface area contributed by atoms with E-state index in [0.717, 1.165) is 0 Å². The normalized spacial score (nSPS) is 10.3. The van der Waals surface area contributed by atoms with Gasteiger partial charge in [0.1, 0.15) is 11.0 Å². The maximum atomic E-state index is 13.1. The van der Waals surface area contributed by atoms with Gasteiger partial charge in [0.15, 0.2) is 0 Å². The van der Waals surface area contributed by atoms with Crippen molar-refractivity contribution in [3.8, 4) is 0 Å². The Labute approximate surface area is 130 Å². The van der Waals surface area contributed by atoms with Gasteiger partial charge in [-0.15, -0.1) is 0 Å². The number of rotatable bonds is 2. The van der Waals surface area contributed by atoms with Gasteiger partial charge in [-0.05, 0) is 56.1 Å². The second-order valence-corrected chi connectivity index (χ2v) is 5.65. The summed E-state index contributed by atoms with van der Waals surface area (Å²) in [6.07, 6.45) is 1.43. The summed E-state index contributed by atoms with van der Waals surface area (Å²) in [6.45, 7) is 0. The van der Waals surface area contributed by atoms with Crippen molar-refractivity contribution in [2.45, 2.75) is 0 Å². The van der Waals surface area contributed by atoms with Crippen LogP contribution in [0.2, 0.25) is 5.15 Å². The third kappa shape index (κ3) is 3.52. The van der Waals surface area contributed by atoms with Crippen LogP contribution in [0.4, 0.5) is 10.1 Å². The van der Waals surface area contributed by atoms with Crippen LogP contribution in [0, 0.1) is 5.82 Å². The average molecular weight is 408 g/mol. The molecular formula is C12H6Br2ClFN2O. The lowest BCUT2D eigenvalue weighted by atomic mass is 10.2. The summed E-state index contributed by atoms with van der Waals surface area (Å²) in [6, 6.07) is 5.65. The molecule has 0 aliphatic rings. The number of benzene rings is 1. The van der Waals surface area contributed by atoms with E-state index >= 15 is 0 Å². The van der Waals surface area contributed by atoms with Crippen LogP contribution < -0.4 is 5.32 Å². The Morgan fingerprint density at radius 3 is 2.63 bits per heavy atom. The summed E-state index contributed by atoms with van der Waals surface area (Å²) in [5.74, 6) is -0.788. The molecule has 3 nitrogen and oxygen atoms in total. The van der Waals surface area contributed by atoms with Crippen LogP contribution in [-0.4, -0.2) is 10.9 Å². The standard InChI is InChI=1S/C12H6Br2ClFN2O/c13-8-3-6(1-2-10(8)16)12(19)18-7-4-9(14)11(15)17-5-7/h1-5H,(H,18,19). The fraction of sp³-hybridized carbons (Fsp3) is 0. The quantitative estimate of drug-likeness (QED) is 0.735. The van der Waals surface area contributed by atoms with E-state index in [9.17, 15) is 9.18 Å². The molecule has 98 valence electrons. The molecule has 2 rings (SSSR count). The Kier molecular flexibility index (Phi) is 4.54. The molecule has 19 heavy (non-hydrogen) atoms. The Bertz CT molecular complexity index is 652. The van der Waals surface area contributed by atoms with Crippen molar-refractivity contribution in [3.63, 3.8) is 0 Å². The molecule has 0 fully saturated rings. The number of hydrogen-bond donors (Lipinski definition) is 1. The molecule has 0 aliphatic carbocycles. The summed E-state index contributed by atoms with van der Waals surface area (Å²) < 4.78 is 13.9. The molecular weight excluding hydrogens is 402 g/mol. The molecule has 1 aromatic heterocycles. The van der Waals surface area contributed by atoms with E-state index in [1.54, 1.807) is 6.07 Å². The predicted molar refractivity (Wildman–Crippen MR) is 79.0 cm³/mol. The number of hydrogen-bond acceptors (Lipinski definition) is 2. The fourth-order valence-electron chi connectivity index (χ4n) is 1.33. The smallest absolute Gasteiger partial charge is 0.255 e. The molecule has 2 aromatic rings. The van der Waals surface area contributed by atoms with E-state index in [2.05, 4.69) is 42.2 Å². The molecule has 1 N–H and O–H groups in total. The van der Waals surface area contributed by atoms with Gasteiger partial charge < -0.3 is 5.32 Å². The minimum atomic E-state index is -0.424. The van der Waals surface area contributed by atoms with Crippen LogP contribution in [0.1, 0.15) is 10.4 Å². The molecule has 0 saturated heterocycles. The lowest BCUT2D eigenvalue weighted by Gasteiger charge is -2.06. The zero-order valence-corrected chi connectivity index (χ0v) is 13.2. The Morgan fingerprint density at radius 1 is 1.26 bits per heavy atom. The maximum Gasteiger partial charge on any atom is 0.255 e. The minimum Gasteiger partial charge on any atom is -0.321 e. The molecule has 0 atom stereocenters. The lowest BCUT2D eigenvalue weighted by molar-refractivity contribution is 0.102. The number of amides is 1. The third-order valence-electron chi connectivity index (χ3n) is 2.24. The summed E-state index contributed by atoms with van der Waals surface area (Å²) in [5, 5.41) is 2.95. The minimum absolute atomic E-state index is 0.232. The van der Waals surface area contributed by atoms with Crippen LogP contribution >= 0.6 is 43.5 Å². The molecule has 1 heterocycles. The largest absolute Gasteiger partial charge is 0.321 e. The maximum absolute atomic E-state index is 13.1. The van der Waals surface area contributed by atoms with E-state index in [4.69, 9.17) is 11.6 Å². The first-order valence-electron chi connectivity index (χ1n) is 5.05. The van der Waals surface area contributed by atoms with Crippen LogP contribution in [0.25, 0.3) is 0 Å². The number of carbonyl (C=O) groups excluding carboxylic acids is 1. The lowest BCUT2D eigenvalue weighted by Crippen LogP contribution is -2.12. The SMILES string of the molecule is O=C(Nc1cnc(Cl)c(Br)c1)c1ccc(F)c(Br)c1. The average Bonchev–Trinajstić information content (AvgIpc) is 2.37. The first-order valence-corrected chi connectivity index (χ1v) is 7.01. The molecule has 0 radical (unpaired) electrons. The number of halogens is 4. The second kappa shape index (κ2) is 5.98. The molecule has 0 unspecified atom stereocenters. The van der Waals surface area contributed by atoms with Crippen LogP contribution in [0.5, 0.6) is 0 Å². The highest BCUT2D eigenvalue weighted by Gasteiger charge is 2.10. The van der Waals surface area contributed by atoms with Gasteiger partial charge in [-0.25, -0.2) is 9.37 Å². The van der Waals surface area contributed by atoms with Gasteiger partial charge in [-0.1, -0.05) is 11.6 Å².